The van der Waals surface area contributed by atoms with Gasteiger partial charge in [0.2, 0.25) is 16.0 Å². The molecule has 0 unspecified atom stereocenters. The molecular weight excluding hydrogens is 472 g/mol. The molecule has 1 N–H and O–H groups in total. The summed E-state index contributed by atoms with van der Waals surface area (Å²) < 4.78 is 37.4. The van der Waals surface area contributed by atoms with Crippen LogP contribution in [-0.2, 0) is 28.4 Å². The van der Waals surface area contributed by atoms with Crippen molar-refractivity contribution in [3.05, 3.63) is 29.1 Å². The Labute approximate surface area is 204 Å². The van der Waals surface area contributed by atoms with Crippen molar-refractivity contribution in [1.29, 1.82) is 0 Å². The lowest BCUT2D eigenvalue weighted by molar-refractivity contribution is 0.187. The number of methoxy groups -OCH3 is 1. The average Bonchev–Trinajstić information content (AvgIpc) is 3.58. The Kier molecular flexibility index (Phi) is 6.64. The van der Waals surface area contributed by atoms with Gasteiger partial charge in [-0.1, -0.05) is 12.8 Å². The molecule has 1 saturated heterocycles. The minimum Gasteiger partial charge on any atom is -0.383 e. The number of rotatable bonds is 8. The third kappa shape index (κ3) is 4.59. The second-order valence-corrected chi connectivity index (χ2v) is 11.2. The van der Waals surface area contributed by atoms with Crippen LogP contribution >= 0.6 is 0 Å². The molecule has 0 radical (unpaired) electrons. The maximum atomic E-state index is 13.2. The Balaban J connectivity index is 1.34. The zero-order valence-corrected chi connectivity index (χ0v) is 20.9. The van der Waals surface area contributed by atoms with Crippen molar-refractivity contribution in [2.24, 2.45) is 7.05 Å². The van der Waals surface area contributed by atoms with E-state index in [1.165, 1.54) is 21.4 Å². The standard InChI is InChI=1S/C22H32N8O4S/c1-27-15-18(13-24-27)35(32,33)28-9-7-16(8-10-28)25-21-23-14-19-20(26-21)30(17-5-3-4-6-17)22(31)29(19)11-12-34-2/h13-17H,3-12H2,1-2H3,(H,23,25,26). The van der Waals surface area contributed by atoms with Crippen LogP contribution in [0.5, 0.6) is 0 Å². The van der Waals surface area contributed by atoms with Gasteiger partial charge < -0.3 is 10.1 Å². The summed E-state index contributed by atoms with van der Waals surface area (Å²) in [5, 5.41) is 7.35. The third-order valence-corrected chi connectivity index (χ3v) is 8.87. The number of anilines is 1. The van der Waals surface area contributed by atoms with Crippen molar-refractivity contribution in [2.45, 2.75) is 62.0 Å². The van der Waals surface area contributed by atoms with Crippen LogP contribution in [0.15, 0.2) is 28.3 Å². The van der Waals surface area contributed by atoms with Crippen LogP contribution in [0.1, 0.15) is 44.6 Å². The van der Waals surface area contributed by atoms with Gasteiger partial charge in [0.25, 0.3) is 0 Å². The fourth-order valence-corrected chi connectivity index (χ4v) is 6.58. The lowest BCUT2D eigenvalue weighted by Crippen LogP contribution is -2.42. The molecular formula is C22H32N8O4S. The van der Waals surface area contributed by atoms with Crippen molar-refractivity contribution < 1.29 is 13.2 Å². The first-order chi connectivity index (χ1) is 16.9. The Bertz CT molecular complexity index is 1350. The summed E-state index contributed by atoms with van der Waals surface area (Å²) in [7, 11) is -0.235. The molecule has 3 aromatic heterocycles. The molecule has 2 fully saturated rings. The Morgan fingerprint density at radius 3 is 2.54 bits per heavy atom. The lowest BCUT2D eigenvalue weighted by atomic mass is 10.1. The van der Waals surface area contributed by atoms with Gasteiger partial charge >= 0.3 is 5.69 Å². The maximum absolute atomic E-state index is 13.2. The molecule has 2 aliphatic rings. The predicted molar refractivity (Wildman–Crippen MR) is 130 cm³/mol. The molecule has 13 heteroatoms. The fourth-order valence-electron chi connectivity index (χ4n) is 5.12. The maximum Gasteiger partial charge on any atom is 0.330 e. The number of nitrogens with one attached hydrogen (secondary N) is 1. The second kappa shape index (κ2) is 9.70. The molecule has 4 heterocycles. The summed E-state index contributed by atoms with van der Waals surface area (Å²) in [5.41, 5.74) is 1.29. The van der Waals surface area contributed by atoms with E-state index < -0.39 is 10.0 Å². The summed E-state index contributed by atoms with van der Waals surface area (Å²) in [6, 6.07) is 0.187. The van der Waals surface area contributed by atoms with E-state index in [-0.39, 0.29) is 22.7 Å². The molecule has 0 bridgehead atoms. The topological polar surface area (TPSA) is 129 Å². The van der Waals surface area contributed by atoms with E-state index >= 15 is 0 Å². The Hall–Kier alpha value is -2.77. The average molecular weight is 505 g/mol. The van der Waals surface area contributed by atoms with E-state index in [0.29, 0.717) is 56.2 Å². The number of fused-ring (bicyclic) bond motifs is 1. The first kappa shape index (κ1) is 23.9. The van der Waals surface area contributed by atoms with E-state index in [4.69, 9.17) is 9.72 Å². The van der Waals surface area contributed by atoms with Crippen LogP contribution in [0, 0.1) is 0 Å². The molecule has 0 amide bonds. The number of hydrogen-bond acceptors (Lipinski definition) is 8. The molecule has 0 atom stereocenters. The molecule has 190 valence electrons. The van der Waals surface area contributed by atoms with Gasteiger partial charge in [-0.15, -0.1) is 0 Å². The van der Waals surface area contributed by atoms with Gasteiger partial charge in [-0.3, -0.25) is 13.8 Å². The minimum atomic E-state index is -3.55. The quantitative estimate of drug-likeness (QED) is 0.487. The molecule has 1 saturated carbocycles. The number of aromatic nitrogens is 6. The molecule has 1 aliphatic heterocycles. The van der Waals surface area contributed by atoms with Gasteiger partial charge in [0.1, 0.15) is 10.4 Å². The SMILES string of the molecule is COCCn1c(=O)n(C2CCCC2)c2nc(NC3CCN(S(=O)(=O)c4cnn(C)c4)CC3)ncc21. The summed E-state index contributed by atoms with van der Waals surface area (Å²) in [4.78, 5) is 22.7. The van der Waals surface area contributed by atoms with Crippen LogP contribution < -0.4 is 11.0 Å². The van der Waals surface area contributed by atoms with Gasteiger partial charge in [-0.05, 0) is 25.7 Å². The fraction of sp³-hybridized carbons (Fsp3) is 0.636. The number of imidazole rings is 1. The van der Waals surface area contributed by atoms with E-state index in [1.807, 2.05) is 4.57 Å². The van der Waals surface area contributed by atoms with Crippen LogP contribution in [0.2, 0.25) is 0 Å². The number of sulfonamides is 1. The molecule has 12 nitrogen and oxygen atoms in total. The Morgan fingerprint density at radius 2 is 1.89 bits per heavy atom. The highest BCUT2D eigenvalue weighted by molar-refractivity contribution is 7.89. The summed E-state index contributed by atoms with van der Waals surface area (Å²) in [6.07, 6.45) is 10.0. The van der Waals surface area contributed by atoms with Crippen molar-refractivity contribution in [2.75, 3.05) is 32.1 Å². The van der Waals surface area contributed by atoms with Gasteiger partial charge in [0.15, 0.2) is 5.65 Å². The monoisotopic (exact) mass is 504 g/mol. The summed E-state index contributed by atoms with van der Waals surface area (Å²) in [6.45, 7) is 1.68. The minimum absolute atomic E-state index is 0.0371. The molecule has 5 rings (SSSR count). The van der Waals surface area contributed by atoms with E-state index in [9.17, 15) is 13.2 Å². The van der Waals surface area contributed by atoms with Crippen LogP contribution in [-0.4, -0.2) is 74.5 Å². The van der Waals surface area contributed by atoms with Crippen molar-refractivity contribution >= 4 is 27.1 Å². The van der Waals surface area contributed by atoms with Gasteiger partial charge in [-0.25, -0.2) is 18.2 Å². The first-order valence-electron chi connectivity index (χ1n) is 12.1. The number of aryl methyl sites for hydroxylation is 1. The van der Waals surface area contributed by atoms with E-state index in [1.54, 1.807) is 24.9 Å². The van der Waals surface area contributed by atoms with Crippen molar-refractivity contribution in [3.8, 4) is 0 Å². The number of nitrogens with zero attached hydrogens (tertiary/aromatic N) is 7. The normalized spacial score (nSPS) is 18.6. The lowest BCUT2D eigenvalue weighted by Gasteiger charge is -2.31. The molecule has 0 aromatic carbocycles. The summed E-state index contributed by atoms with van der Waals surface area (Å²) in [5.74, 6) is 0.460. The van der Waals surface area contributed by atoms with Gasteiger partial charge in [0.05, 0.1) is 25.5 Å². The number of hydrogen-bond donors (Lipinski definition) is 1. The van der Waals surface area contributed by atoms with Crippen molar-refractivity contribution in [3.63, 3.8) is 0 Å². The highest BCUT2D eigenvalue weighted by Crippen LogP contribution is 2.31. The molecule has 3 aromatic rings. The van der Waals surface area contributed by atoms with Gasteiger partial charge in [0, 0.05) is 45.5 Å². The third-order valence-electron chi connectivity index (χ3n) is 7.02. The van der Waals surface area contributed by atoms with Crippen molar-refractivity contribution in [1.82, 2.24) is 33.2 Å². The largest absolute Gasteiger partial charge is 0.383 e. The summed E-state index contributed by atoms with van der Waals surface area (Å²) >= 11 is 0. The molecule has 0 spiro atoms. The van der Waals surface area contributed by atoms with Crippen LogP contribution in [0.25, 0.3) is 11.2 Å². The zero-order valence-electron chi connectivity index (χ0n) is 20.1. The number of ether oxygens (including phenoxy) is 1. The predicted octanol–water partition coefficient (Wildman–Crippen LogP) is 1.35. The highest BCUT2D eigenvalue weighted by Gasteiger charge is 2.31. The van der Waals surface area contributed by atoms with Crippen LogP contribution in [0.3, 0.4) is 0 Å². The highest BCUT2D eigenvalue weighted by atomic mass is 32.2. The number of piperidine rings is 1. The van der Waals surface area contributed by atoms with Gasteiger partial charge in [-0.2, -0.15) is 14.4 Å². The smallest absolute Gasteiger partial charge is 0.330 e. The van der Waals surface area contributed by atoms with E-state index in [0.717, 1.165) is 25.7 Å². The first-order valence-corrected chi connectivity index (χ1v) is 13.5. The molecule has 1 aliphatic carbocycles. The molecule has 35 heavy (non-hydrogen) atoms. The zero-order chi connectivity index (χ0) is 24.6. The van der Waals surface area contributed by atoms with Crippen LogP contribution in [0.4, 0.5) is 5.95 Å². The van der Waals surface area contributed by atoms with E-state index in [2.05, 4.69) is 15.4 Å². The second-order valence-electron chi connectivity index (χ2n) is 9.31. The Morgan fingerprint density at radius 1 is 1.14 bits per heavy atom.